The van der Waals surface area contributed by atoms with E-state index in [0.29, 0.717) is 0 Å². The fourth-order valence-corrected chi connectivity index (χ4v) is 3.51. The SMILES string of the molecule is Cc1nc(-c2ccn[nH]2)ccc1-c1ncc(-c2ccn[nH]2)cc1C=Cc1ccccc1. The van der Waals surface area contributed by atoms with E-state index in [0.717, 1.165) is 50.7 Å². The lowest BCUT2D eigenvalue weighted by Gasteiger charge is -2.11. The van der Waals surface area contributed by atoms with Crippen molar-refractivity contribution < 1.29 is 0 Å². The molecule has 0 aliphatic carbocycles. The number of hydrogen-bond donors (Lipinski definition) is 2. The van der Waals surface area contributed by atoms with Crippen molar-refractivity contribution >= 4 is 12.2 Å². The van der Waals surface area contributed by atoms with Gasteiger partial charge < -0.3 is 0 Å². The van der Waals surface area contributed by atoms with Crippen molar-refractivity contribution in [2.24, 2.45) is 0 Å². The van der Waals surface area contributed by atoms with Crippen molar-refractivity contribution in [3.63, 3.8) is 0 Å². The molecule has 0 bridgehead atoms. The first-order valence-corrected chi connectivity index (χ1v) is 9.98. The van der Waals surface area contributed by atoms with Gasteiger partial charge in [-0.1, -0.05) is 42.5 Å². The van der Waals surface area contributed by atoms with E-state index < -0.39 is 0 Å². The summed E-state index contributed by atoms with van der Waals surface area (Å²) in [5, 5.41) is 14.1. The lowest BCUT2D eigenvalue weighted by molar-refractivity contribution is 1.08. The van der Waals surface area contributed by atoms with Crippen molar-refractivity contribution in [1.29, 1.82) is 0 Å². The summed E-state index contributed by atoms with van der Waals surface area (Å²) in [6, 6.07) is 20.3. The average Bonchev–Trinajstić information content (AvgIpc) is 3.53. The van der Waals surface area contributed by atoms with Crippen LogP contribution < -0.4 is 0 Å². The Balaban J connectivity index is 1.60. The molecule has 6 heteroatoms. The minimum absolute atomic E-state index is 0.856. The van der Waals surface area contributed by atoms with E-state index in [1.807, 2.05) is 49.5 Å². The van der Waals surface area contributed by atoms with E-state index in [1.54, 1.807) is 12.4 Å². The fourth-order valence-electron chi connectivity index (χ4n) is 3.51. The average molecular weight is 404 g/mol. The Hall–Kier alpha value is -4.32. The van der Waals surface area contributed by atoms with E-state index in [9.17, 15) is 0 Å². The van der Waals surface area contributed by atoms with Gasteiger partial charge in [0.1, 0.15) is 0 Å². The number of hydrogen-bond acceptors (Lipinski definition) is 4. The lowest BCUT2D eigenvalue weighted by Crippen LogP contribution is -1.96. The number of pyridine rings is 2. The molecule has 0 atom stereocenters. The van der Waals surface area contributed by atoms with Crippen LogP contribution in [0.4, 0.5) is 0 Å². The predicted octanol–water partition coefficient (Wildman–Crippen LogP) is 5.40. The van der Waals surface area contributed by atoms with Crippen LogP contribution in [-0.4, -0.2) is 30.4 Å². The summed E-state index contributed by atoms with van der Waals surface area (Å²) in [5.74, 6) is 0. The van der Waals surface area contributed by atoms with Crippen LogP contribution in [0.3, 0.4) is 0 Å². The number of benzene rings is 1. The summed E-state index contributed by atoms with van der Waals surface area (Å²) in [4.78, 5) is 9.58. The number of aromatic amines is 2. The van der Waals surface area contributed by atoms with Crippen LogP contribution in [0.1, 0.15) is 16.8 Å². The normalized spacial score (nSPS) is 11.3. The van der Waals surface area contributed by atoms with Crippen LogP contribution in [0, 0.1) is 6.92 Å². The monoisotopic (exact) mass is 404 g/mol. The van der Waals surface area contributed by atoms with E-state index in [2.05, 4.69) is 56.8 Å². The van der Waals surface area contributed by atoms with Crippen LogP contribution in [0.2, 0.25) is 0 Å². The third-order valence-corrected chi connectivity index (χ3v) is 5.10. The Bertz CT molecular complexity index is 1320. The van der Waals surface area contributed by atoms with Gasteiger partial charge in [0.15, 0.2) is 0 Å². The van der Waals surface area contributed by atoms with Crippen LogP contribution in [0.5, 0.6) is 0 Å². The Morgan fingerprint density at radius 1 is 0.806 bits per heavy atom. The maximum absolute atomic E-state index is 4.81. The van der Waals surface area contributed by atoms with Gasteiger partial charge in [0.25, 0.3) is 0 Å². The van der Waals surface area contributed by atoms with E-state index in [1.165, 1.54) is 0 Å². The predicted molar refractivity (Wildman–Crippen MR) is 123 cm³/mol. The highest BCUT2D eigenvalue weighted by Gasteiger charge is 2.13. The number of aromatic nitrogens is 6. The first-order chi connectivity index (χ1) is 15.3. The second kappa shape index (κ2) is 8.20. The number of rotatable bonds is 5. The second-order valence-electron chi connectivity index (χ2n) is 7.18. The zero-order valence-corrected chi connectivity index (χ0v) is 16.9. The topological polar surface area (TPSA) is 83.1 Å². The van der Waals surface area contributed by atoms with E-state index in [-0.39, 0.29) is 0 Å². The van der Waals surface area contributed by atoms with E-state index in [4.69, 9.17) is 9.97 Å². The third kappa shape index (κ3) is 3.91. The second-order valence-corrected chi connectivity index (χ2v) is 7.18. The van der Waals surface area contributed by atoms with Gasteiger partial charge in [-0.25, -0.2) is 0 Å². The number of nitrogens with one attached hydrogen (secondary N) is 2. The maximum Gasteiger partial charge on any atom is 0.0884 e. The summed E-state index contributed by atoms with van der Waals surface area (Å²) in [7, 11) is 0. The summed E-state index contributed by atoms with van der Waals surface area (Å²) in [5.41, 5.74) is 8.58. The number of aryl methyl sites for hydroxylation is 1. The molecule has 5 rings (SSSR count). The van der Waals surface area contributed by atoms with Crippen molar-refractivity contribution in [3.05, 3.63) is 96.1 Å². The minimum atomic E-state index is 0.856. The smallest absolute Gasteiger partial charge is 0.0884 e. The molecule has 6 nitrogen and oxygen atoms in total. The first-order valence-electron chi connectivity index (χ1n) is 9.98. The van der Waals surface area contributed by atoms with Crippen molar-refractivity contribution in [3.8, 4) is 33.9 Å². The van der Waals surface area contributed by atoms with Gasteiger partial charge in [0.05, 0.1) is 22.8 Å². The largest absolute Gasteiger partial charge is 0.278 e. The molecule has 0 saturated carbocycles. The molecule has 4 heterocycles. The number of nitrogens with zero attached hydrogens (tertiary/aromatic N) is 4. The van der Waals surface area contributed by atoms with E-state index >= 15 is 0 Å². The molecular formula is C25H20N6. The highest BCUT2D eigenvalue weighted by molar-refractivity contribution is 5.82. The van der Waals surface area contributed by atoms with Gasteiger partial charge in [-0.05, 0) is 42.8 Å². The molecule has 0 saturated heterocycles. The van der Waals surface area contributed by atoms with Gasteiger partial charge in [-0.15, -0.1) is 0 Å². The van der Waals surface area contributed by atoms with Gasteiger partial charge in [0, 0.05) is 41.0 Å². The molecule has 0 amide bonds. The molecular weight excluding hydrogens is 384 g/mol. The Kier molecular flexibility index (Phi) is 4.94. The molecule has 5 aromatic rings. The first kappa shape index (κ1) is 18.7. The molecule has 150 valence electrons. The zero-order valence-electron chi connectivity index (χ0n) is 16.9. The van der Waals surface area contributed by atoms with Gasteiger partial charge in [-0.2, -0.15) is 10.2 Å². The molecule has 4 aromatic heterocycles. The summed E-state index contributed by atoms with van der Waals surface area (Å²) < 4.78 is 0. The Morgan fingerprint density at radius 2 is 1.58 bits per heavy atom. The Morgan fingerprint density at radius 3 is 2.29 bits per heavy atom. The molecule has 2 N–H and O–H groups in total. The molecule has 0 unspecified atom stereocenters. The highest BCUT2D eigenvalue weighted by Crippen LogP contribution is 2.30. The van der Waals surface area contributed by atoms with Gasteiger partial charge in [0.2, 0.25) is 0 Å². The Labute approximate surface area is 179 Å². The third-order valence-electron chi connectivity index (χ3n) is 5.10. The van der Waals surface area contributed by atoms with Crippen LogP contribution in [-0.2, 0) is 0 Å². The maximum atomic E-state index is 4.81. The molecule has 0 aliphatic rings. The van der Waals surface area contributed by atoms with Gasteiger partial charge >= 0.3 is 0 Å². The number of H-pyrrole nitrogens is 2. The zero-order chi connectivity index (χ0) is 21.0. The van der Waals surface area contributed by atoms with Crippen LogP contribution in [0.25, 0.3) is 46.1 Å². The van der Waals surface area contributed by atoms with Crippen LogP contribution in [0.15, 0.2) is 79.3 Å². The lowest BCUT2D eigenvalue weighted by atomic mass is 10.0. The molecule has 0 spiro atoms. The van der Waals surface area contributed by atoms with Gasteiger partial charge in [-0.3, -0.25) is 20.2 Å². The molecule has 31 heavy (non-hydrogen) atoms. The summed E-state index contributed by atoms with van der Waals surface area (Å²) in [6.45, 7) is 2.00. The van der Waals surface area contributed by atoms with Crippen LogP contribution >= 0.6 is 0 Å². The standard InChI is InChI=1S/C25H20N6/c1-17-21(9-10-23(29-17)24-12-14-28-31-24)25-19(8-7-18-5-3-2-4-6-18)15-20(16-26-25)22-11-13-27-30-22/h2-16H,1H3,(H,27,30)(H,28,31). The molecule has 1 aromatic carbocycles. The summed E-state index contributed by atoms with van der Waals surface area (Å²) >= 11 is 0. The molecule has 0 fully saturated rings. The molecule has 0 radical (unpaired) electrons. The molecule has 0 aliphatic heterocycles. The minimum Gasteiger partial charge on any atom is -0.278 e. The quantitative estimate of drug-likeness (QED) is 0.411. The fraction of sp³-hybridized carbons (Fsp3) is 0.0400. The summed E-state index contributed by atoms with van der Waals surface area (Å²) in [6.07, 6.45) is 9.52. The van der Waals surface area contributed by atoms with Crippen molar-refractivity contribution in [2.75, 3.05) is 0 Å². The highest BCUT2D eigenvalue weighted by atomic mass is 15.1. The van der Waals surface area contributed by atoms with Crippen molar-refractivity contribution in [2.45, 2.75) is 6.92 Å². The van der Waals surface area contributed by atoms with Crippen molar-refractivity contribution in [1.82, 2.24) is 30.4 Å².